The fourth-order valence-electron chi connectivity index (χ4n) is 3.91. The molecule has 0 radical (unpaired) electrons. The molecule has 3 heteroatoms. The Balaban J connectivity index is 1.77. The van der Waals surface area contributed by atoms with Crippen molar-refractivity contribution in [3.63, 3.8) is 0 Å². The summed E-state index contributed by atoms with van der Waals surface area (Å²) in [7, 11) is 0. The van der Waals surface area contributed by atoms with Gasteiger partial charge in [-0.3, -0.25) is 0 Å². The average Bonchev–Trinajstić information content (AvgIpc) is 3.03. The number of hydrogen-bond acceptors (Lipinski definition) is 2. The molecule has 1 N–H and O–H groups in total. The van der Waals surface area contributed by atoms with E-state index in [9.17, 15) is 0 Å². The second-order valence-electron chi connectivity index (χ2n) is 6.23. The molecule has 2 fully saturated rings. The maximum Gasteiger partial charge on any atom is 0.0731 e. The van der Waals surface area contributed by atoms with Crippen molar-refractivity contribution in [1.82, 2.24) is 5.32 Å². The van der Waals surface area contributed by atoms with Crippen LogP contribution in [0.4, 0.5) is 0 Å². The van der Waals surface area contributed by atoms with Gasteiger partial charge in [-0.05, 0) is 78.0 Å². The molecule has 3 unspecified atom stereocenters. The second kappa shape index (κ2) is 5.87. The lowest BCUT2D eigenvalue weighted by Crippen LogP contribution is -2.24. The molecule has 106 valence electrons. The summed E-state index contributed by atoms with van der Waals surface area (Å²) in [6.07, 6.45) is 7.11. The lowest BCUT2D eigenvalue weighted by molar-refractivity contribution is 0.451. The lowest BCUT2D eigenvalue weighted by atomic mass is 10.0. The highest BCUT2D eigenvalue weighted by Crippen LogP contribution is 2.61. The van der Waals surface area contributed by atoms with E-state index in [0.29, 0.717) is 6.04 Å². The van der Waals surface area contributed by atoms with Crippen molar-refractivity contribution in [3.05, 3.63) is 20.3 Å². The van der Waals surface area contributed by atoms with Crippen LogP contribution < -0.4 is 5.32 Å². The molecule has 2 saturated carbocycles. The van der Waals surface area contributed by atoms with E-state index in [0.717, 1.165) is 24.3 Å². The SMILES string of the molecule is CCCNC(c1cc(C)c(Br)s1)C1C2CCCCC21. The Bertz CT molecular complexity index is 410. The van der Waals surface area contributed by atoms with E-state index in [1.165, 1.54) is 41.5 Å². The monoisotopic (exact) mass is 341 g/mol. The Morgan fingerprint density at radius 3 is 2.58 bits per heavy atom. The summed E-state index contributed by atoms with van der Waals surface area (Å²) in [5.41, 5.74) is 1.40. The summed E-state index contributed by atoms with van der Waals surface area (Å²) < 4.78 is 1.31. The first-order valence-corrected chi connectivity index (χ1v) is 9.32. The number of nitrogens with one attached hydrogen (secondary N) is 1. The third-order valence-corrected chi connectivity index (χ3v) is 7.12. The van der Waals surface area contributed by atoms with Gasteiger partial charge in [-0.1, -0.05) is 19.8 Å². The van der Waals surface area contributed by atoms with E-state index in [1.54, 1.807) is 4.88 Å². The third kappa shape index (κ3) is 2.79. The normalized spacial score (nSPS) is 31.0. The van der Waals surface area contributed by atoms with Crippen LogP contribution in [-0.2, 0) is 0 Å². The molecule has 0 aliphatic heterocycles. The first kappa shape index (κ1) is 14.1. The molecular formula is C16H24BrNS. The summed E-state index contributed by atoms with van der Waals surface area (Å²) in [6.45, 7) is 5.62. The van der Waals surface area contributed by atoms with Gasteiger partial charge in [0, 0.05) is 10.9 Å². The van der Waals surface area contributed by atoms with Gasteiger partial charge in [0.05, 0.1) is 3.79 Å². The maximum absolute atomic E-state index is 3.83. The van der Waals surface area contributed by atoms with Crippen molar-refractivity contribution >= 4 is 27.3 Å². The molecule has 1 nitrogen and oxygen atoms in total. The number of halogens is 1. The van der Waals surface area contributed by atoms with E-state index in [4.69, 9.17) is 0 Å². The van der Waals surface area contributed by atoms with Crippen molar-refractivity contribution in [2.45, 2.75) is 52.0 Å². The fourth-order valence-corrected chi connectivity index (χ4v) is 5.61. The van der Waals surface area contributed by atoms with Crippen molar-refractivity contribution < 1.29 is 0 Å². The van der Waals surface area contributed by atoms with Gasteiger partial charge in [0.2, 0.25) is 0 Å². The molecule has 2 aliphatic rings. The Hall–Kier alpha value is 0.140. The molecule has 19 heavy (non-hydrogen) atoms. The molecular weight excluding hydrogens is 318 g/mol. The van der Waals surface area contributed by atoms with Gasteiger partial charge in [0.15, 0.2) is 0 Å². The summed E-state index contributed by atoms with van der Waals surface area (Å²) in [4.78, 5) is 1.55. The van der Waals surface area contributed by atoms with Crippen LogP contribution in [0.15, 0.2) is 9.85 Å². The summed E-state index contributed by atoms with van der Waals surface area (Å²) in [5, 5.41) is 3.83. The van der Waals surface area contributed by atoms with Crippen LogP contribution in [0.2, 0.25) is 0 Å². The number of thiophene rings is 1. The highest BCUT2D eigenvalue weighted by Gasteiger charge is 2.54. The van der Waals surface area contributed by atoms with Crippen molar-refractivity contribution in [2.75, 3.05) is 6.54 Å². The van der Waals surface area contributed by atoms with E-state index in [1.807, 2.05) is 11.3 Å². The Morgan fingerprint density at radius 1 is 1.37 bits per heavy atom. The quantitative estimate of drug-likeness (QED) is 0.766. The second-order valence-corrected chi connectivity index (χ2v) is 8.63. The van der Waals surface area contributed by atoms with E-state index >= 15 is 0 Å². The minimum atomic E-state index is 0.614. The Labute approximate surface area is 129 Å². The first-order valence-electron chi connectivity index (χ1n) is 7.71. The van der Waals surface area contributed by atoms with Gasteiger partial charge in [-0.2, -0.15) is 0 Å². The van der Waals surface area contributed by atoms with Crippen LogP contribution in [0.3, 0.4) is 0 Å². The minimum absolute atomic E-state index is 0.614. The fraction of sp³-hybridized carbons (Fsp3) is 0.750. The first-order chi connectivity index (χ1) is 9.22. The van der Waals surface area contributed by atoms with Crippen LogP contribution in [0.1, 0.15) is 55.5 Å². The van der Waals surface area contributed by atoms with E-state index in [-0.39, 0.29) is 0 Å². The molecule has 3 atom stereocenters. The Kier molecular flexibility index (Phi) is 4.35. The largest absolute Gasteiger partial charge is 0.309 e. The summed E-state index contributed by atoms with van der Waals surface area (Å²) in [6, 6.07) is 3.01. The summed E-state index contributed by atoms with van der Waals surface area (Å²) >= 11 is 5.63. The smallest absolute Gasteiger partial charge is 0.0731 e. The topological polar surface area (TPSA) is 12.0 Å². The zero-order valence-corrected chi connectivity index (χ0v) is 14.3. The van der Waals surface area contributed by atoms with E-state index < -0.39 is 0 Å². The molecule has 3 rings (SSSR count). The van der Waals surface area contributed by atoms with Gasteiger partial charge < -0.3 is 5.32 Å². The third-order valence-electron chi connectivity index (χ3n) is 4.90. The van der Waals surface area contributed by atoms with E-state index in [2.05, 4.69) is 41.2 Å². The predicted molar refractivity (Wildman–Crippen MR) is 86.7 cm³/mol. The van der Waals surface area contributed by atoms with Crippen LogP contribution in [0, 0.1) is 24.7 Å². The molecule has 0 bridgehead atoms. The van der Waals surface area contributed by atoms with Gasteiger partial charge in [0.1, 0.15) is 0 Å². The zero-order valence-electron chi connectivity index (χ0n) is 11.9. The molecule has 1 heterocycles. The van der Waals surface area contributed by atoms with Gasteiger partial charge in [0.25, 0.3) is 0 Å². The highest BCUT2D eigenvalue weighted by atomic mass is 79.9. The van der Waals surface area contributed by atoms with Crippen molar-refractivity contribution in [3.8, 4) is 0 Å². The zero-order chi connectivity index (χ0) is 13.4. The number of aryl methyl sites for hydroxylation is 1. The Morgan fingerprint density at radius 2 is 2.05 bits per heavy atom. The molecule has 1 aromatic rings. The maximum atomic E-state index is 3.83. The minimum Gasteiger partial charge on any atom is -0.309 e. The molecule has 2 aliphatic carbocycles. The number of hydrogen-bond donors (Lipinski definition) is 1. The predicted octanol–water partition coefficient (Wildman–Crippen LogP) is 5.30. The highest BCUT2D eigenvalue weighted by molar-refractivity contribution is 9.11. The van der Waals surface area contributed by atoms with Crippen molar-refractivity contribution in [1.29, 1.82) is 0 Å². The number of fused-ring (bicyclic) bond motifs is 1. The number of rotatable bonds is 5. The molecule has 0 aromatic carbocycles. The van der Waals surface area contributed by atoms with Crippen LogP contribution in [0.5, 0.6) is 0 Å². The van der Waals surface area contributed by atoms with Crippen LogP contribution >= 0.6 is 27.3 Å². The van der Waals surface area contributed by atoms with Gasteiger partial charge in [-0.25, -0.2) is 0 Å². The van der Waals surface area contributed by atoms with Crippen LogP contribution in [0.25, 0.3) is 0 Å². The molecule has 1 aromatic heterocycles. The average molecular weight is 342 g/mol. The summed E-state index contributed by atoms with van der Waals surface area (Å²) in [5.74, 6) is 2.95. The van der Waals surface area contributed by atoms with Crippen molar-refractivity contribution in [2.24, 2.45) is 17.8 Å². The molecule has 0 amide bonds. The van der Waals surface area contributed by atoms with Gasteiger partial charge >= 0.3 is 0 Å². The van der Waals surface area contributed by atoms with Crippen LogP contribution in [-0.4, -0.2) is 6.54 Å². The standard InChI is InChI=1S/C16H24BrNS/c1-3-8-18-15(13-9-10(2)16(17)19-13)14-11-6-4-5-7-12(11)14/h9,11-12,14-15,18H,3-8H2,1-2H3. The molecule has 0 saturated heterocycles. The van der Waals surface area contributed by atoms with Gasteiger partial charge in [-0.15, -0.1) is 11.3 Å². The lowest BCUT2D eigenvalue weighted by Gasteiger charge is -2.17. The molecule has 0 spiro atoms.